The van der Waals surface area contributed by atoms with E-state index in [0.29, 0.717) is 19.1 Å². The molecule has 0 saturated carbocycles. The van der Waals surface area contributed by atoms with Gasteiger partial charge in [-0.3, -0.25) is 5.10 Å². The van der Waals surface area contributed by atoms with Gasteiger partial charge in [-0.1, -0.05) is 31.5 Å². The van der Waals surface area contributed by atoms with Crippen molar-refractivity contribution in [2.24, 2.45) is 5.73 Å². The summed E-state index contributed by atoms with van der Waals surface area (Å²) in [6.07, 6.45) is 0. The van der Waals surface area contributed by atoms with Crippen molar-refractivity contribution < 1.29 is 4.74 Å². The van der Waals surface area contributed by atoms with E-state index < -0.39 is 0 Å². The van der Waals surface area contributed by atoms with Crippen LogP contribution in [0.25, 0.3) is 0 Å². The Hall–Kier alpha value is -1.81. The fourth-order valence-corrected chi connectivity index (χ4v) is 2.48. The van der Waals surface area contributed by atoms with E-state index in [4.69, 9.17) is 10.5 Å². The summed E-state index contributed by atoms with van der Waals surface area (Å²) in [7, 11) is 0. The number of ether oxygens (including phenoxy) is 1. The normalized spacial score (nSPS) is 12.7. The van der Waals surface area contributed by atoms with Gasteiger partial charge in [-0.05, 0) is 31.9 Å². The van der Waals surface area contributed by atoms with Crippen LogP contribution in [-0.2, 0) is 0 Å². The zero-order chi connectivity index (χ0) is 15.4. The second-order valence-electron chi connectivity index (χ2n) is 5.67. The molecular formula is C17H25N3O. The van der Waals surface area contributed by atoms with Crippen LogP contribution in [0.1, 0.15) is 55.1 Å². The molecule has 1 aromatic carbocycles. The van der Waals surface area contributed by atoms with E-state index in [1.807, 2.05) is 13.0 Å². The quantitative estimate of drug-likeness (QED) is 0.856. The molecule has 4 heteroatoms. The second kappa shape index (κ2) is 6.76. The molecule has 1 heterocycles. The molecule has 0 aliphatic rings. The number of benzene rings is 1. The SMILES string of the molecule is CCOc1ccc(C)cc1C(CN)c1cc(C(C)C)n[nH]1. The third-order valence-corrected chi connectivity index (χ3v) is 3.66. The molecule has 114 valence electrons. The van der Waals surface area contributed by atoms with Crippen molar-refractivity contribution in [3.8, 4) is 5.75 Å². The van der Waals surface area contributed by atoms with E-state index >= 15 is 0 Å². The van der Waals surface area contributed by atoms with Gasteiger partial charge in [0, 0.05) is 23.7 Å². The van der Waals surface area contributed by atoms with Gasteiger partial charge in [0.15, 0.2) is 0 Å². The monoisotopic (exact) mass is 287 g/mol. The third-order valence-electron chi connectivity index (χ3n) is 3.66. The average molecular weight is 287 g/mol. The molecule has 0 aliphatic carbocycles. The minimum absolute atomic E-state index is 0.0754. The highest BCUT2D eigenvalue weighted by atomic mass is 16.5. The van der Waals surface area contributed by atoms with Gasteiger partial charge in [0.1, 0.15) is 5.75 Å². The van der Waals surface area contributed by atoms with Gasteiger partial charge in [0.2, 0.25) is 0 Å². The molecule has 0 spiro atoms. The van der Waals surface area contributed by atoms with E-state index in [-0.39, 0.29) is 5.92 Å². The molecule has 0 aliphatic heterocycles. The van der Waals surface area contributed by atoms with Crippen molar-refractivity contribution in [3.05, 3.63) is 46.8 Å². The molecule has 21 heavy (non-hydrogen) atoms. The van der Waals surface area contributed by atoms with Gasteiger partial charge in [0.05, 0.1) is 12.3 Å². The summed E-state index contributed by atoms with van der Waals surface area (Å²) in [5, 5.41) is 7.53. The molecule has 2 rings (SSSR count). The summed E-state index contributed by atoms with van der Waals surface area (Å²) >= 11 is 0. The van der Waals surface area contributed by atoms with Crippen molar-refractivity contribution >= 4 is 0 Å². The number of H-pyrrole nitrogens is 1. The summed E-state index contributed by atoms with van der Waals surface area (Å²) in [5.74, 6) is 1.38. The Labute approximate surface area is 126 Å². The first kappa shape index (κ1) is 15.6. The van der Waals surface area contributed by atoms with Crippen LogP contribution in [0, 0.1) is 6.92 Å². The second-order valence-corrected chi connectivity index (χ2v) is 5.67. The van der Waals surface area contributed by atoms with E-state index in [2.05, 4.69) is 49.2 Å². The summed E-state index contributed by atoms with van der Waals surface area (Å²) in [6, 6.07) is 8.35. The fourth-order valence-electron chi connectivity index (χ4n) is 2.48. The number of nitrogens with zero attached hydrogens (tertiary/aromatic N) is 1. The van der Waals surface area contributed by atoms with E-state index in [1.165, 1.54) is 5.56 Å². The standard InChI is InChI=1S/C17H25N3O/c1-5-21-17-7-6-12(4)8-13(17)14(10-18)16-9-15(11(2)3)19-20-16/h6-9,11,14H,5,10,18H2,1-4H3,(H,19,20). The molecule has 0 radical (unpaired) electrons. The first-order valence-corrected chi connectivity index (χ1v) is 7.55. The van der Waals surface area contributed by atoms with Gasteiger partial charge in [-0.25, -0.2) is 0 Å². The Balaban J connectivity index is 2.42. The van der Waals surface area contributed by atoms with Crippen molar-refractivity contribution in [2.45, 2.75) is 39.5 Å². The third kappa shape index (κ3) is 3.45. The number of aromatic nitrogens is 2. The first-order chi connectivity index (χ1) is 10.1. The number of hydrogen-bond donors (Lipinski definition) is 2. The number of rotatable bonds is 6. The van der Waals surface area contributed by atoms with Gasteiger partial charge in [0.25, 0.3) is 0 Å². The molecule has 1 aromatic heterocycles. The van der Waals surface area contributed by atoms with Gasteiger partial charge in [-0.15, -0.1) is 0 Å². The van der Waals surface area contributed by atoms with E-state index in [1.54, 1.807) is 0 Å². The lowest BCUT2D eigenvalue weighted by Gasteiger charge is -2.18. The Morgan fingerprint density at radius 1 is 1.29 bits per heavy atom. The van der Waals surface area contributed by atoms with Crippen LogP contribution >= 0.6 is 0 Å². The Bertz CT molecular complexity index is 589. The van der Waals surface area contributed by atoms with Crippen LogP contribution in [0.3, 0.4) is 0 Å². The summed E-state index contributed by atoms with van der Waals surface area (Å²) in [5.41, 5.74) is 10.5. The maximum absolute atomic E-state index is 6.03. The largest absolute Gasteiger partial charge is 0.494 e. The van der Waals surface area contributed by atoms with Crippen molar-refractivity contribution in [3.63, 3.8) is 0 Å². The topological polar surface area (TPSA) is 63.9 Å². The highest BCUT2D eigenvalue weighted by Crippen LogP contribution is 2.32. The van der Waals surface area contributed by atoms with Crippen LogP contribution in [0.5, 0.6) is 5.75 Å². The van der Waals surface area contributed by atoms with E-state index in [9.17, 15) is 0 Å². The molecule has 2 aromatic rings. The fraction of sp³-hybridized carbons (Fsp3) is 0.471. The maximum Gasteiger partial charge on any atom is 0.123 e. The highest BCUT2D eigenvalue weighted by molar-refractivity contribution is 5.43. The van der Waals surface area contributed by atoms with Crippen LogP contribution in [-0.4, -0.2) is 23.3 Å². The predicted molar refractivity (Wildman–Crippen MR) is 85.9 cm³/mol. The summed E-state index contributed by atoms with van der Waals surface area (Å²) < 4.78 is 5.76. The minimum Gasteiger partial charge on any atom is -0.494 e. The van der Waals surface area contributed by atoms with Gasteiger partial charge >= 0.3 is 0 Å². The molecule has 3 N–H and O–H groups in total. The van der Waals surface area contributed by atoms with Crippen molar-refractivity contribution in [1.82, 2.24) is 10.2 Å². The molecule has 0 saturated heterocycles. The number of aromatic amines is 1. The number of nitrogens with one attached hydrogen (secondary N) is 1. The first-order valence-electron chi connectivity index (χ1n) is 7.55. The Kier molecular flexibility index (Phi) is 5.02. The predicted octanol–water partition coefficient (Wildman–Crippen LogP) is 3.33. The molecule has 0 fully saturated rings. The minimum atomic E-state index is 0.0754. The van der Waals surface area contributed by atoms with Crippen LogP contribution in [0.2, 0.25) is 0 Å². The lowest BCUT2D eigenvalue weighted by atomic mass is 9.93. The molecule has 0 bridgehead atoms. The zero-order valence-corrected chi connectivity index (χ0v) is 13.3. The Morgan fingerprint density at radius 3 is 2.62 bits per heavy atom. The van der Waals surface area contributed by atoms with Crippen molar-refractivity contribution in [1.29, 1.82) is 0 Å². The van der Waals surface area contributed by atoms with Crippen LogP contribution < -0.4 is 10.5 Å². The Morgan fingerprint density at radius 2 is 2.05 bits per heavy atom. The lowest BCUT2D eigenvalue weighted by molar-refractivity contribution is 0.335. The van der Waals surface area contributed by atoms with Gasteiger partial charge in [-0.2, -0.15) is 5.10 Å². The highest BCUT2D eigenvalue weighted by Gasteiger charge is 2.20. The van der Waals surface area contributed by atoms with E-state index in [0.717, 1.165) is 22.7 Å². The molecule has 4 nitrogen and oxygen atoms in total. The van der Waals surface area contributed by atoms with Crippen molar-refractivity contribution in [2.75, 3.05) is 13.2 Å². The zero-order valence-electron chi connectivity index (χ0n) is 13.3. The smallest absolute Gasteiger partial charge is 0.123 e. The number of nitrogens with two attached hydrogens (primary N) is 1. The van der Waals surface area contributed by atoms with Crippen LogP contribution in [0.15, 0.2) is 24.3 Å². The molecule has 0 amide bonds. The lowest BCUT2D eigenvalue weighted by Crippen LogP contribution is -2.15. The van der Waals surface area contributed by atoms with Gasteiger partial charge < -0.3 is 10.5 Å². The number of hydrogen-bond acceptors (Lipinski definition) is 3. The van der Waals surface area contributed by atoms with Crippen LogP contribution in [0.4, 0.5) is 0 Å². The average Bonchev–Trinajstić information content (AvgIpc) is 2.92. The molecule has 1 unspecified atom stereocenters. The maximum atomic E-state index is 6.03. The number of aryl methyl sites for hydroxylation is 1. The summed E-state index contributed by atoms with van der Waals surface area (Å²) in [6.45, 7) is 9.51. The molecule has 1 atom stereocenters. The summed E-state index contributed by atoms with van der Waals surface area (Å²) in [4.78, 5) is 0. The molecular weight excluding hydrogens is 262 g/mol.